The van der Waals surface area contributed by atoms with E-state index < -0.39 is 23.5 Å². The van der Waals surface area contributed by atoms with E-state index in [-0.39, 0.29) is 12.5 Å². The molecule has 0 saturated heterocycles. The number of hydrogen-bond acceptors (Lipinski definition) is 4. The Labute approximate surface area is 168 Å². The quantitative estimate of drug-likeness (QED) is 0.643. The molecule has 0 unspecified atom stereocenters. The lowest BCUT2D eigenvalue weighted by Crippen LogP contribution is -2.47. The van der Waals surface area contributed by atoms with E-state index in [1.54, 1.807) is 13.0 Å². The Balaban J connectivity index is 1.89. The van der Waals surface area contributed by atoms with Crippen molar-refractivity contribution in [3.63, 3.8) is 0 Å². The minimum absolute atomic E-state index is 0.233. The van der Waals surface area contributed by atoms with E-state index in [0.29, 0.717) is 12.1 Å². The zero-order valence-electron chi connectivity index (χ0n) is 16.3. The Morgan fingerprint density at radius 2 is 1.83 bits per heavy atom. The van der Waals surface area contributed by atoms with E-state index in [1.807, 2.05) is 49.4 Å². The van der Waals surface area contributed by atoms with E-state index >= 15 is 0 Å². The molecule has 3 aromatic rings. The molecular formula is C22H23N3O4. The van der Waals surface area contributed by atoms with Crippen LogP contribution in [-0.2, 0) is 16.1 Å². The Hall–Kier alpha value is -3.48. The van der Waals surface area contributed by atoms with Crippen LogP contribution in [0.3, 0.4) is 0 Å². The smallest absolute Gasteiger partial charge is 0.326 e. The Kier molecular flexibility index (Phi) is 6.07. The van der Waals surface area contributed by atoms with Gasteiger partial charge in [0.15, 0.2) is 0 Å². The monoisotopic (exact) mass is 393 g/mol. The molecule has 0 bridgehead atoms. The van der Waals surface area contributed by atoms with Gasteiger partial charge in [-0.2, -0.15) is 5.10 Å². The number of nitrogens with one attached hydrogen (secondary N) is 1. The van der Waals surface area contributed by atoms with E-state index in [9.17, 15) is 19.5 Å². The molecule has 0 spiro atoms. The lowest BCUT2D eigenvalue weighted by atomic mass is 9.99. The maximum absolute atomic E-state index is 12.4. The minimum Gasteiger partial charge on any atom is -0.480 e. The van der Waals surface area contributed by atoms with Crippen molar-refractivity contribution in [3.05, 3.63) is 65.0 Å². The van der Waals surface area contributed by atoms with Gasteiger partial charge in [-0.25, -0.2) is 9.48 Å². The van der Waals surface area contributed by atoms with Crippen LogP contribution >= 0.6 is 0 Å². The molecular weight excluding hydrogens is 370 g/mol. The Morgan fingerprint density at radius 3 is 2.55 bits per heavy atom. The summed E-state index contributed by atoms with van der Waals surface area (Å²) in [6.07, 6.45) is 0.603. The molecule has 7 nitrogen and oxygen atoms in total. The summed E-state index contributed by atoms with van der Waals surface area (Å²) in [6.45, 7) is 3.26. The summed E-state index contributed by atoms with van der Waals surface area (Å²) in [5.41, 5.74) is 0.978. The predicted molar refractivity (Wildman–Crippen MR) is 110 cm³/mol. The average molecular weight is 393 g/mol. The van der Waals surface area contributed by atoms with E-state index in [4.69, 9.17) is 0 Å². The first-order chi connectivity index (χ1) is 13.9. The van der Waals surface area contributed by atoms with Crippen molar-refractivity contribution in [3.8, 4) is 11.3 Å². The first-order valence-electron chi connectivity index (χ1n) is 9.49. The molecule has 3 rings (SSSR count). The molecule has 0 fully saturated rings. The number of aromatic nitrogens is 2. The molecule has 7 heteroatoms. The van der Waals surface area contributed by atoms with Crippen molar-refractivity contribution in [2.24, 2.45) is 5.92 Å². The summed E-state index contributed by atoms with van der Waals surface area (Å²) in [4.78, 5) is 36.0. The molecule has 2 aromatic carbocycles. The number of carbonyl (C=O) groups excluding carboxylic acids is 1. The highest BCUT2D eigenvalue weighted by Crippen LogP contribution is 2.26. The average Bonchev–Trinajstić information content (AvgIpc) is 2.72. The number of carboxylic acid groups (broad SMARTS) is 1. The summed E-state index contributed by atoms with van der Waals surface area (Å²) in [5.74, 6) is -1.90. The first-order valence-corrected chi connectivity index (χ1v) is 9.49. The number of hydrogen-bond donors (Lipinski definition) is 2. The molecule has 1 amide bonds. The minimum atomic E-state index is -1.10. The van der Waals surface area contributed by atoms with Crippen LogP contribution in [0.25, 0.3) is 22.0 Å². The lowest BCUT2D eigenvalue weighted by Gasteiger charge is -2.20. The predicted octanol–water partition coefficient (Wildman–Crippen LogP) is 2.68. The van der Waals surface area contributed by atoms with Crippen LogP contribution in [0.2, 0.25) is 0 Å². The fourth-order valence-corrected chi connectivity index (χ4v) is 3.19. The second kappa shape index (κ2) is 8.68. The molecule has 0 saturated carbocycles. The van der Waals surface area contributed by atoms with Gasteiger partial charge in [0.1, 0.15) is 12.6 Å². The molecule has 0 radical (unpaired) electrons. The normalized spacial score (nSPS) is 13.0. The molecule has 0 aliphatic rings. The van der Waals surface area contributed by atoms with Gasteiger partial charge in [0.25, 0.3) is 5.56 Å². The fraction of sp³-hybridized carbons (Fsp3) is 0.273. The number of amides is 1. The van der Waals surface area contributed by atoms with Gasteiger partial charge in [-0.3, -0.25) is 9.59 Å². The summed E-state index contributed by atoms with van der Waals surface area (Å²) in [7, 11) is 0. The maximum atomic E-state index is 12.4. The summed E-state index contributed by atoms with van der Waals surface area (Å²) in [5, 5.41) is 18.2. The van der Waals surface area contributed by atoms with Gasteiger partial charge in [0, 0.05) is 11.6 Å². The number of fused-ring (bicyclic) bond motifs is 1. The summed E-state index contributed by atoms with van der Waals surface area (Å²) in [6, 6.07) is 15.6. The highest BCUT2D eigenvalue weighted by molar-refractivity contribution is 5.95. The number of nitrogens with zero attached hydrogens (tertiary/aromatic N) is 2. The second-order valence-electron chi connectivity index (χ2n) is 7.01. The molecule has 1 heterocycles. The van der Waals surface area contributed by atoms with Crippen molar-refractivity contribution < 1.29 is 14.7 Å². The van der Waals surface area contributed by atoms with Crippen LogP contribution in [0.15, 0.2) is 59.4 Å². The molecule has 1 aromatic heterocycles. The molecule has 150 valence electrons. The fourth-order valence-electron chi connectivity index (χ4n) is 3.19. The number of carboxylic acids is 1. The first kappa shape index (κ1) is 20.3. The van der Waals surface area contributed by atoms with Crippen molar-refractivity contribution in [1.82, 2.24) is 15.1 Å². The molecule has 0 aliphatic heterocycles. The number of benzene rings is 2. The molecule has 0 aliphatic carbocycles. The summed E-state index contributed by atoms with van der Waals surface area (Å²) < 4.78 is 1.06. The molecule has 29 heavy (non-hydrogen) atoms. The van der Waals surface area contributed by atoms with Crippen LogP contribution in [-0.4, -0.2) is 32.8 Å². The van der Waals surface area contributed by atoms with Gasteiger partial charge in [-0.15, -0.1) is 0 Å². The van der Waals surface area contributed by atoms with E-state index in [0.717, 1.165) is 21.0 Å². The third-order valence-corrected chi connectivity index (χ3v) is 5.02. The topological polar surface area (TPSA) is 101 Å². The Morgan fingerprint density at radius 1 is 1.10 bits per heavy atom. The number of rotatable bonds is 7. The van der Waals surface area contributed by atoms with E-state index in [2.05, 4.69) is 10.4 Å². The highest BCUT2D eigenvalue weighted by atomic mass is 16.4. The third kappa shape index (κ3) is 4.51. The van der Waals surface area contributed by atoms with Crippen LogP contribution in [0, 0.1) is 5.92 Å². The van der Waals surface area contributed by atoms with Gasteiger partial charge in [0.05, 0.1) is 5.69 Å². The number of carbonyl (C=O) groups is 2. The van der Waals surface area contributed by atoms with E-state index in [1.165, 1.54) is 6.07 Å². The third-order valence-electron chi connectivity index (χ3n) is 5.02. The lowest BCUT2D eigenvalue weighted by molar-refractivity contribution is -0.143. The van der Waals surface area contributed by atoms with Gasteiger partial charge in [-0.1, -0.05) is 62.7 Å². The van der Waals surface area contributed by atoms with Gasteiger partial charge >= 0.3 is 5.97 Å². The van der Waals surface area contributed by atoms with Crippen molar-refractivity contribution in [2.75, 3.05) is 0 Å². The van der Waals surface area contributed by atoms with Gasteiger partial charge < -0.3 is 10.4 Å². The van der Waals surface area contributed by atoms with Crippen LogP contribution in [0.4, 0.5) is 0 Å². The zero-order valence-corrected chi connectivity index (χ0v) is 16.3. The largest absolute Gasteiger partial charge is 0.480 e. The van der Waals surface area contributed by atoms with Crippen molar-refractivity contribution in [2.45, 2.75) is 32.9 Å². The standard InChI is InChI=1S/C22H23N3O4/c1-3-14(2)21(22(28)29)23-19(26)13-25-20(27)12-11-18(24-25)17-10-6-8-15-7-4-5-9-16(15)17/h4-12,14,21H,3,13H2,1-2H3,(H,23,26)(H,28,29)/t14-,21-/m1/s1. The second-order valence-corrected chi connectivity index (χ2v) is 7.01. The Bertz CT molecular complexity index is 1100. The SMILES string of the molecule is CC[C@@H](C)[C@@H](NC(=O)Cn1nc(-c2cccc3ccccc23)ccc1=O)C(=O)O. The molecule has 2 atom stereocenters. The van der Waals surface area contributed by atoms with Crippen LogP contribution in [0.5, 0.6) is 0 Å². The van der Waals surface area contributed by atoms with Gasteiger partial charge in [-0.05, 0) is 22.8 Å². The van der Waals surface area contributed by atoms with Crippen molar-refractivity contribution in [1.29, 1.82) is 0 Å². The highest BCUT2D eigenvalue weighted by Gasteiger charge is 2.25. The van der Waals surface area contributed by atoms with Gasteiger partial charge in [0.2, 0.25) is 5.91 Å². The van der Waals surface area contributed by atoms with Crippen molar-refractivity contribution >= 4 is 22.6 Å². The molecule has 2 N–H and O–H groups in total. The van der Waals surface area contributed by atoms with Crippen LogP contribution in [0.1, 0.15) is 20.3 Å². The zero-order chi connectivity index (χ0) is 21.0. The maximum Gasteiger partial charge on any atom is 0.326 e. The summed E-state index contributed by atoms with van der Waals surface area (Å²) >= 11 is 0. The number of aliphatic carboxylic acids is 1. The van der Waals surface area contributed by atoms with Crippen LogP contribution < -0.4 is 10.9 Å².